The number of ether oxygens (including phenoxy) is 1. The zero-order chi connectivity index (χ0) is 24.5. The number of carboxylic acid groups (broad SMARTS) is 1. The van der Waals surface area contributed by atoms with Gasteiger partial charge in [-0.25, -0.2) is 4.79 Å². The van der Waals surface area contributed by atoms with Gasteiger partial charge in [-0.05, 0) is 67.0 Å². The van der Waals surface area contributed by atoms with Crippen LogP contribution in [0.4, 0.5) is 0 Å². The highest BCUT2D eigenvalue weighted by molar-refractivity contribution is 7.99. The lowest BCUT2D eigenvalue weighted by Crippen LogP contribution is -2.37. The lowest BCUT2D eigenvalue weighted by molar-refractivity contribution is -0.152. The molecule has 0 atom stereocenters. The Morgan fingerprint density at radius 2 is 1.50 bits per heavy atom. The van der Waals surface area contributed by atoms with Crippen LogP contribution in [-0.4, -0.2) is 27.5 Å². The van der Waals surface area contributed by atoms with Gasteiger partial charge in [0.25, 0.3) is 0 Å². The molecule has 2 aromatic rings. The monoisotopic (exact) mass is 478 g/mol. The standard InChI is InChI=1S/C26H35ClO4S/c1-24(2,3)19-14-18(15-20(22(19)28)25(4,5)6)32-12-11-16-13-17(9-10-21(16)27)31-26(7,8)23(29)30/h9-10,13-15,28H,11-12H2,1-8H3,(H,29,30). The summed E-state index contributed by atoms with van der Waals surface area (Å²) in [6.45, 7) is 15.7. The molecule has 0 fully saturated rings. The third kappa shape index (κ3) is 6.58. The van der Waals surface area contributed by atoms with Crippen molar-refractivity contribution >= 4 is 29.3 Å². The second-order valence-electron chi connectivity index (χ2n) is 10.6. The maximum atomic E-state index is 11.4. The molecule has 2 aromatic carbocycles. The van der Waals surface area contributed by atoms with E-state index in [4.69, 9.17) is 16.3 Å². The van der Waals surface area contributed by atoms with Crippen LogP contribution in [0.25, 0.3) is 0 Å². The molecule has 0 saturated carbocycles. The number of aromatic hydroxyl groups is 1. The molecule has 0 bridgehead atoms. The molecule has 2 rings (SSSR count). The second-order valence-corrected chi connectivity index (χ2v) is 12.2. The molecule has 0 saturated heterocycles. The lowest BCUT2D eigenvalue weighted by atomic mass is 9.79. The summed E-state index contributed by atoms with van der Waals surface area (Å²) in [5.74, 6) is 0.615. The summed E-state index contributed by atoms with van der Waals surface area (Å²) in [4.78, 5) is 12.5. The molecule has 0 aliphatic heterocycles. The summed E-state index contributed by atoms with van der Waals surface area (Å²) in [5.41, 5.74) is 1.12. The molecule has 0 unspecified atom stereocenters. The fourth-order valence-electron chi connectivity index (χ4n) is 3.26. The first-order valence-electron chi connectivity index (χ1n) is 10.7. The first-order valence-corrected chi connectivity index (χ1v) is 12.1. The number of benzene rings is 2. The van der Waals surface area contributed by atoms with Crippen LogP contribution in [0.5, 0.6) is 11.5 Å². The van der Waals surface area contributed by atoms with Gasteiger partial charge in [-0.1, -0.05) is 53.1 Å². The van der Waals surface area contributed by atoms with E-state index in [0.717, 1.165) is 27.3 Å². The number of halogens is 1. The molecule has 0 aromatic heterocycles. The molecule has 2 N–H and O–H groups in total. The minimum absolute atomic E-state index is 0.174. The zero-order valence-electron chi connectivity index (χ0n) is 20.3. The maximum Gasteiger partial charge on any atom is 0.347 e. The van der Waals surface area contributed by atoms with Gasteiger partial charge < -0.3 is 14.9 Å². The van der Waals surface area contributed by atoms with Crippen LogP contribution >= 0.6 is 23.4 Å². The SMILES string of the molecule is CC(C)(Oc1ccc(Cl)c(CCSc2cc(C(C)(C)C)c(O)c(C(C)(C)C)c2)c1)C(=O)O. The zero-order valence-corrected chi connectivity index (χ0v) is 21.9. The van der Waals surface area contributed by atoms with Gasteiger partial charge in [0, 0.05) is 26.8 Å². The van der Waals surface area contributed by atoms with E-state index in [0.29, 0.717) is 22.9 Å². The molecule has 0 heterocycles. The molecule has 32 heavy (non-hydrogen) atoms. The van der Waals surface area contributed by atoms with Gasteiger partial charge in [-0.3, -0.25) is 0 Å². The van der Waals surface area contributed by atoms with Crippen molar-refractivity contribution in [3.05, 3.63) is 52.0 Å². The average molecular weight is 479 g/mol. The van der Waals surface area contributed by atoms with Crippen LogP contribution < -0.4 is 4.74 Å². The minimum Gasteiger partial charge on any atom is -0.507 e. The van der Waals surface area contributed by atoms with E-state index in [-0.39, 0.29) is 10.8 Å². The van der Waals surface area contributed by atoms with Crippen molar-refractivity contribution in [1.29, 1.82) is 0 Å². The Bertz CT molecular complexity index is 949. The van der Waals surface area contributed by atoms with Gasteiger partial charge in [-0.15, -0.1) is 11.8 Å². The van der Waals surface area contributed by atoms with E-state index < -0.39 is 11.6 Å². The highest BCUT2D eigenvalue weighted by Gasteiger charge is 2.29. The number of hydrogen-bond acceptors (Lipinski definition) is 4. The number of aryl methyl sites for hydroxylation is 1. The number of hydrogen-bond donors (Lipinski definition) is 2. The largest absolute Gasteiger partial charge is 0.507 e. The first kappa shape index (κ1) is 26.4. The summed E-state index contributed by atoms with van der Waals surface area (Å²) in [7, 11) is 0. The van der Waals surface area contributed by atoms with Gasteiger partial charge in [0.1, 0.15) is 11.5 Å². The normalized spacial score (nSPS) is 12.7. The molecule has 176 valence electrons. The van der Waals surface area contributed by atoms with Crippen LogP contribution in [0.3, 0.4) is 0 Å². The van der Waals surface area contributed by atoms with Crippen molar-refractivity contribution in [2.24, 2.45) is 0 Å². The fraction of sp³-hybridized carbons (Fsp3) is 0.500. The number of phenols is 1. The van der Waals surface area contributed by atoms with Gasteiger partial charge in [0.15, 0.2) is 5.60 Å². The number of aliphatic carboxylic acids is 1. The van der Waals surface area contributed by atoms with Crippen molar-refractivity contribution in [3.63, 3.8) is 0 Å². The number of carboxylic acids is 1. The average Bonchev–Trinajstić information content (AvgIpc) is 2.63. The van der Waals surface area contributed by atoms with E-state index >= 15 is 0 Å². The molecular formula is C26H35ClO4S. The Morgan fingerprint density at radius 1 is 0.969 bits per heavy atom. The quantitative estimate of drug-likeness (QED) is 0.411. The van der Waals surface area contributed by atoms with Crippen molar-refractivity contribution in [1.82, 2.24) is 0 Å². The summed E-state index contributed by atoms with van der Waals surface area (Å²) < 4.78 is 5.65. The molecule has 0 radical (unpaired) electrons. The van der Waals surface area contributed by atoms with Crippen LogP contribution in [0.15, 0.2) is 35.2 Å². The van der Waals surface area contributed by atoms with Crippen LogP contribution in [0.1, 0.15) is 72.1 Å². The molecule has 0 spiro atoms. The Hall–Kier alpha value is -1.85. The molecule has 6 heteroatoms. The van der Waals surface area contributed by atoms with Gasteiger partial charge >= 0.3 is 5.97 Å². The summed E-state index contributed by atoms with van der Waals surface area (Å²) in [6, 6.07) is 9.39. The van der Waals surface area contributed by atoms with E-state index in [1.54, 1.807) is 23.9 Å². The second kappa shape index (κ2) is 9.56. The number of carbonyl (C=O) groups is 1. The van der Waals surface area contributed by atoms with Crippen molar-refractivity contribution < 1.29 is 19.7 Å². The van der Waals surface area contributed by atoms with Gasteiger partial charge in [-0.2, -0.15) is 0 Å². The molecule has 0 amide bonds. The predicted octanol–water partition coefficient (Wildman–Crippen LogP) is 7.22. The van der Waals surface area contributed by atoms with E-state index in [1.165, 1.54) is 13.8 Å². The highest BCUT2D eigenvalue weighted by atomic mass is 35.5. The fourth-order valence-corrected chi connectivity index (χ4v) is 4.43. The number of phenolic OH excluding ortho intramolecular Hbond substituents is 1. The maximum absolute atomic E-state index is 11.4. The Kier molecular flexibility index (Phi) is 7.89. The highest BCUT2D eigenvalue weighted by Crippen LogP contribution is 2.42. The van der Waals surface area contributed by atoms with Crippen molar-refractivity contribution in [3.8, 4) is 11.5 Å². The Labute approximate surface area is 201 Å². The van der Waals surface area contributed by atoms with E-state index in [2.05, 4.69) is 53.7 Å². The van der Waals surface area contributed by atoms with E-state index in [9.17, 15) is 15.0 Å². The van der Waals surface area contributed by atoms with Gasteiger partial charge in [0.2, 0.25) is 0 Å². The minimum atomic E-state index is -1.32. The number of rotatable bonds is 7. The smallest absolute Gasteiger partial charge is 0.347 e. The Balaban J connectivity index is 2.23. The molecule has 0 aliphatic rings. The lowest BCUT2D eigenvalue weighted by Gasteiger charge is -2.28. The molecule has 0 aliphatic carbocycles. The van der Waals surface area contributed by atoms with E-state index in [1.807, 2.05) is 6.07 Å². The van der Waals surface area contributed by atoms with Crippen molar-refractivity contribution in [2.75, 3.05) is 5.75 Å². The topological polar surface area (TPSA) is 66.8 Å². The van der Waals surface area contributed by atoms with Crippen LogP contribution in [0, 0.1) is 0 Å². The Morgan fingerprint density at radius 3 is 1.97 bits per heavy atom. The summed E-state index contributed by atoms with van der Waals surface area (Å²) in [5, 5.41) is 20.8. The van der Waals surface area contributed by atoms with Crippen molar-refractivity contribution in [2.45, 2.75) is 83.1 Å². The molecular weight excluding hydrogens is 444 g/mol. The summed E-state index contributed by atoms with van der Waals surface area (Å²) >= 11 is 8.10. The van der Waals surface area contributed by atoms with Gasteiger partial charge in [0.05, 0.1) is 0 Å². The van der Waals surface area contributed by atoms with Crippen LogP contribution in [-0.2, 0) is 22.0 Å². The number of thioether (sulfide) groups is 1. The molecule has 4 nitrogen and oxygen atoms in total. The third-order valence-electron chi connectivity index (χ3n) is 5.24. The summed E-state index contributed by atoms with van der Waals surface area (Å²) in [6.07, 6.45) is 0.699. The van der Waals surface area contributed by atoms with Crippen LogP contribution in [0.2, 0.25) is 5.02 Å². The predicted molar refractivity (Wildman–Crippen MR) is 134 cm³/mol. The third-order valence-corrected chi connectivity index (χ3v) is 6.59. The first-order chi connectivity index (χ1) is 14.5.